The van der Waals surface area contributed by atoms with Crippen molar-refractivity contribution in [2.24, 2.45) is 5.73 Å². The van der Waals surface area contributed by atoms with Crippen LogP contribution in [0.5, 0.6) is 0 Å². The lowest BCUT2D eigenvalue weighted by Crippen LogP contribution is -2.09. The molecule has 0 amide bonds. The first-order valence-corrected chi connectivity index (χ1v) is 5.67. The van der Waals surface area contributed by atoms with Crippen molar-refractivity contribution in [1.82, 2.24) is 4.98 Å². The number of fused-ring (bicyclic) bond motifs is 3. The highest BCUT2D eigenvalue weighted by atomic mass is 35.5. The van der Waals surface area contributed by atoms with Crippen molar-refractivity contribution in [3.63, 3.8) is 0 Å². The number of hydrogen-bond acceptors (Lipinski definition) is 1. The Kier molecular flexibility index (Phi) is 2.01. The molecule has 15 heavy (non-hydrogen) atoms. The van der Waals surface area contributed by atoms with Crippen LogP contribution in [0, 0.1) is 0 Å². The summed E-state index contributed by atoms with van der Waals surface area (Å²) in [5.41, 5.74) is 9.69. The summed E-state index contributed by atoms with van der Waals surface area (Å²) in [5.74, 6) is 0.506. The van der Waals surface area contributed by atoms with Gasteiger partial charge in [0.1, 0.15) is 0 Å². The van der Waals surface area contributed by atoms with Crippen molar-refractivity contribution < 1.29 is 0 Å². The van der Waals surface area contributed by atoms with E-state index in [0.29, 0.717) is 5.92 Å². The highest BCUT2D eigenvalue weighted by molar-refractivity contribution is 6.31. The van der Waals surface area contributed by atoms with Gasteiger partial charge in [-0.15, -0.1) is 0 Å². The largest absolute Gasteiger partial charge is 0.358 e. The van der Waals surface area contributed by atoms with Crippen LogP contribution in [0.2, 0.25) is 5.02 Å². The topological polar surface area (TPSA) is 41.8 Å². The van der Waals surface area contributed by atoms with Gasteiger partial charge in [-0.1, -0.05) is 11.6 Å². The fraction of sp³-hybridized carbons (Fsp3) is 0.333. The smallest absolute Gasteiger partial charge is 0.0460 e. The maximum absolute atomic E-state index is 6.01. The molecule has 1 aromatic carbocycles. The van der Waals surface area contributed by atoms with Gasteiger partial charge in [0.2, 0.25) is 0 Å². The molecule has 0 bridgehead atoms. The number of aromatic nitrogens is 1. The molecular formula is C12H13ClN2. The zero-order valence-corrected chi connectivity index (χ0v) is 9.14. The van der Waals surface area contributed by atoms with E-state index in [1.54, 1.807) is 0 Å². The number of rotatable bonds is 1. The predicted molar refractivity (Wildman–Crippen MR) is 63.4 cm³/mol. The highest BCUT2D eigenvalue weighted by Gasteiger charge is 2.25. The van der Waals surface area contributed by atoms with Gasteiger partial charge >= 0.3 is 0 Å². The van der Waals surface area contributed by atoms with Crippen molar-refractivity contribution in [3.8, 4) is 0 Å². The molecule has 0 saturated carbocycles. The Hall–Kier alpha value is -0.990. The maximum Gasteiger partial charge on any atom is 0.0460 e. The Labute approximate surface area is 93.4 Å². The van der Waals surface area contributed by atoms with Gasteiger partial charge in [-0.05, 0) is 36.6 Å². The molecule has 2 aromatic rings. The number of benzene rings is 1. The molecule has 2 nitrogen and oxygen atoms in total. The minimum absolute atomic E-state index is 0.506. The lowest BCUT2D eigenvalue weighted by molar-refractivity contribution is 0.675. The van der Waals surface area contributed by atoms with E-state index in [1.807, 2.05) is 18.2 Å². The number of aryl methyl sites for hydroxylation is 1. The molecule has 1 atom stereocenters. The lowest BCUT2D eigenvalue weighted by Gasteiger charge is -2.04. The average Bonchev–Trinajstić information content (AvgIpc) is 2.76. The second-order valence-corrected chi connectivity index (χ2v) is 4.61. The van der Waals surface area contributed by atoms with Crippen molar-refractivity contribution >= 4 is 22.5 Å². The van der Waals surface area contributed by atoms with Crippen LogP contribution in [-0.2, 0) is 6.42 Å². The quantitative estimate of drug-likeness (QED) is 0.763. The standard InChI is InChI=1S/C12H13ClN2/c13-8-2-4-11-10(5-8)9-3-1-7(6-14)12(9)15-11/h2,4-5,7,15H,1,3,6,14H2. The number of hydrogen-bond donors (Lipinski definition) is 2. The third kappa shape index (κ3) is 1.29. The first-order valence-electron chi connectivity index (χ1n) is 5.29. The van der Waals surface area contributed by atoms with Crippen molar-refractivity contribution in [2.45, 2.75) is 18.8 Å². The van der Waals surface area contributed by atoms with Gasteiger partial charge in [0.05, 0.1) is 0 Å². The zero-order valence-electron chi connectivity index (χ0n) is 8.39. The summed E-state index contributed by atoms with van der Waals surface area (Å²) in [6.07, 6.45) is 2.29. The van der Waals surface area contributed by atoms with Crippen LogP contribution < -0.4 is 5.73 Å². The summed E-state index contributed by atoms with van der Waals surface area (Å²) in [6.45, 7) is 0.730. The number of nitrogens with two attached hydrogens (primary N) is 1. The molecule has 0 fully saturated rings. The predicted octanol–water partition coefficient (Wildman–Crippen LogP) is 2.81. The second-order valence-electron chi connectivity index (χ2n) is 4.18. The summed E-state index contributed by atoms with van der Waals surface area (Å²) in [4.78, 5) is 3.47. The molecule has 3 rings (SSSR count). The SMILES string of the molecule is NCC1CCc2c1[nH]c1ccc(Cl)cc21. The van der Waals surface area contributed by atoms with E-state index in [1.165, 1.54) is 28.6 Å². The third-order valence-corrected chi connectivity index (χ3v) is 3.57. The van der Waals surface area contributed by atoms with Gasteiger partial charge in [-0.3, -0.25) is 0 Å². The normalized spacial score (nSPS) is 19.7. The van der Waals surface area contributed by atoms with Gasteiger partial charge in [0.25, 0.3) is 0 Å². The minimum Gasteiger partial charge on any atom is -0.358 e. The number of H-pyrrole nitrogens is 1. The summed E-state index contributed by atoms with van der Waals surface area (Å²) in [5, 5.41) is 2.08. The molecule has 1 aliphatic carbocycles. The summed E-state index contributed by atoms with van der Waals surface area (Å²) < 4.78 is 0. The first-order chi connectivity index (χ1) is 7.29. The molecule has 78 valence electrons. The van der Waals surface area contributed by atoms with E-state index < -0.39 is 0 Å². The highest BCUT2D eigenvalue weighted by Crippen LogP contribution is 2.37. The Morgan fingerprint density at radius 1 is 1.47 bits per heavy atom. The molecule has 1 heterocycles. The molecule has 1 aliphatic rings. The van der Waals surface area contributed by atoms with Crippen LogP contribution in [0.1, 0.15) is 23.6 Å². The maximum atomic E-state index is 6.01. The Bertz CT molecular complexity index is 516. The van der Waals surface area contributed by atoms with Crippen LogP contribution in [-0.4, -0.2) is 11.5 Å². The van der Waals surface area contributed by atoms with E-state index in [0.717, 1.165) is 18.0 Å². The van der Waals surface area contributed by atoms with E-state index in [-0.39, 0.29) is 0 Å². The van der Waals surface area contributed by atoms with Gasteiger partial charge < -0.3 is 10.7 Å². The molecular weight excluding hydrogens is 208 g/mol. The lowest BCUT2D eigenvalue weighted by atomic mass is 10.1. The van der Waals surface area contributed by atoms with Crippen molar-refractivity contribution in [1.29, 1.82) is 0 Å². The van der Waals surface area contributed by atoms with Crippen molar-refractivity contribution in [2.75, 3.05) is 6.54 Å². The van der Waals surface area contributed by atoms with Gasteiger partial charge in [0.15, 0.2) is 0 Å². The van der Waals surface area contributed by atoms with Crippen LogP contribution >= 0.6 is 11.6 Å². The monoisotopic (exact) mass is 220 g/mol. The van der Waals surface area contributed by atoms with Crippen molar-refractivity contribution in [3.05, 3.63) is 34.5 Å². The van der Waals surface area contributed by atoms with Gasteiger partial charge in [0, 0.05) is 34.1 Å². The summed E-state index contributed by atoms with van der Waals surface area (Å²) in [6, 6.07) is 6.02. The summed E-state index contributed by atoms with van der Waals surface area (Å²) >= 11 is 6.01. The average molecular weight is 221 g/mol. The minimum atomic E-state index is 0.506. The Morgan fingerprint density at radius 2 is 2.33 bits per heavy atom. The molecule has 0 radical (unpaired) electrons. The fourth-order valence-electron chi connectivity index (χ4n) is 2.56. The molecule has 3 heteroatoms. The van der Waals surface area contributed by atoms with E-state index >= 15 is 0 Å². The molecule has 0 aliphatic heterocycles. The summed E-state index contributed by atoms with van der Waals surface area (Å²) in [7, 11) is 0. The van der Waals surface area contributed by atoms with E-state index in [9.17, 15) is 0 Å². The second kappa shape index (κ2) is 3.26. The molecule has 0 saturated heterocycles. The molecule has 3 N–H and O–H groups in total. The number of aromatic amines is 1. The molecule has 0 spiro atoms. The van der Waals surface area contributed by atoms with Gasteiger partial charge in [-0.2, -0.15) is 0 Å². The fourth-order valence-corrected chi connectivity index (χ4v) is 2.73. The van der Waals surface area contributed by atoms with Crippen LogP contribution in [0.3, 0.4) is 0 Å². The van der Waals surface area contributed by atoms with Crippen LogP contribution in [0.4, 0.5) is 0 Å². The van der Waals surface area contributed by atoms with Crippen LogP contribution in [0.25, 0.3) is 10.9 Å². The first kappa shape index (κ1) is 9.25. The Balaban J connectivity index is 2.26. The van der Waals surface area contributed by atoms with E-state index in [2.05, 4.69) is 4.98 Å². The molecule has 1 unspecified atom stereocenters. The zero-order chi connectivity index (χ0) is 10.4. The number of nitrogens with one attached hydrogen (secondary N) is 1. The van der Waals surface area contributed by atoms with Gasteiger partial charge in [-0.25, -0.2) is 0 Å². The van der Waals surface area contributed by atoms with Crippen LogP contribution in [0.15, 0.2) is 18.2 Å². The van der Waals surface area contributed by atoms with E-state index in [4.69, 9.17) is 17.3 Å². The third-order valence-electron chi connectivity index (χ3n) is 3.34. The Morgan fingerprint density at radius 3 is 3.13 bits per heavy atom. The molecule has 1 aromatic heterocycles. The number of halogens is 1.